The number of halogens is 16. The zero-order valence-electron chi connectivity index (χ0n) is 19.7. The lowest BCUT2D eigenvalue weighted by Gasteiger charge is -2.36. The molecule has 1 N–H and O–H groups in total. The Balaban J connectivity index is 0.00000120. The summed E-state index contributed by atoms with van der Waals surface area (Å²) >= 11 is 0. The van der Waals surface area contributed by atoms with Crippen LogP contribution in [0.3, 0.4) is 0 Å². The molecular formula is C18H16F16O6S. The van der Waals surface area contributed by atoms with Crippen LogP contribution in [0.1, 0.15) is 12.5 Å². The van der Waals surface area contributed by atoms with Gasteiger partial charge in [0.15, 0.2) is 0 Å². The summed E-state index contributed by atoms with van der Waals surface area (Å²) in [6.07, 6.45) is -37.1. The van der Waals surface area contributed by atoms with Gasteiger partial charge < -0.3 is 4.74 Å². The largest absolute Gasteiger partial charge is 0.460 e. The number of hydrogen-bond donors (Lipinski definition) is 1. The average Bonchev–Trinajstić information content (AvgIpc) is 2.70. The van der Waals surface area contributed by atoms with Gasteiger partial charge in [0.25, 0.3) is 10.1 Å². The third-order valence-corrected chi connectivity index (χ3v) is 4.79. The molecule has 1 aromatic rings. The van der Waals surface area contributed by atoms with Crippen molar-refractivity contribution in [3.63, 3.8) is 0 Å². The normalized spacial score (nSPS) is 15.3. The van der Waals surface area contributed by atoms with E-state index in [1.165, 1.54) is 16.9 Å². The molecule has 0 heterocycles. The molecule has 0 bridgehead atoms. The molecule has 0 aromatic heterocycles. The van der Waals surface area contributed by atoms with Crippen LogP contribution in [0, 0.1) is 6.92 Å². The molecule has 0 aliphatic heterocycles. The van der Waals surface area contributed by atoms with E-state index in [-0.39, 0.29) is 4.90 Å². The molecule has 0 saturated heterocycles. The van der Waals surface area contributed by atoms with Crippen molar-refractivity contribution in [1.29, 1.82) is 0 Å². The zero-order chi connectivity index (χ0) is 33.1. The molecule has 6 nitrogen and oxygen atoms in total. The molecule has 0 amide bonds. The Morgan fingerprint density at radius 2 is 1.15 bits per heavy atom. The van der Waals surface area contributed by atoms with Gasteiger partial charge in [-0.15, -0.1) is 0 Å². The average molecular weight is 664 g/mol. The van der Waals surface area contributed by atoms with E-state index in [1.54, 1.807) is 12.1 Å². The van der Waals surface area contributed by atoms with E-state index in [9.17, 15) is 78.7 Å². The van der Waals surface area contributed by atoms with Crippen LogP contribution in [0.4, 0.5) is 70.2 Å². The Morgan fingerprint density at radius 3 is 1.51 bits per heavy atom. The van der Waals surface area contributed by atoms with E-state index in [0.717, 1.165) is 5.56 Å². The molecule has 1 rings (SSSR count). The van der Waals surface area contributed by atoms with Crippen LogP contribution in [-0.4, -0.2) is 74.8 Å². The van der Waals surface area contributed by atoms with Crippen LogP contribution in [0.2, 0.25) is 0 Å². The van der Waals surface area contributed by atoms with Gasteiger partial charge in [-0.05, 0) is 26.0 Å². The number of rotatable bonds is 12. The standard InChI is InChI=1S/C11H8F16O3.C7H8O3S/c1-4(12)2-28-3-5(13,14)29-10(24,25)11(26,27)30-9(22,23)7(17,18)6(15,16)8(19,20)21;1-6-2-4-7(5-3-6)11(8,9)10/h4H,2-3H2,1H3;2-5H,1H3,(H,8,9,10)/t4-;/m0./s1. The van der Waals surface area contributed by atoms with E-state index >= 15 is 0 Å². The van der Waals surface area contributed by atoms with Gasteiger partial charge in [-0.1, -0.05) is 17.7 Å². The number of aryl methyl sites for hydroxylation is 1. The summed E-state index contributed by atoms with van der Waals surface area (Å²) in [4.78, 5) is -0.0666. The van der Waals surface area contributed by atoms with Crippen LogP contribution < -0.4 is 0 Å². The summed E-state index contributed by atoms with van der Waals surface area (Å²) in [6.45, 7) is -1.14. The Kier molecular flexibility index (Phi) is 12.0. The first-order valence-electron chi connectivity index (χ1n) is 9.83. The number of ether oxygens (including phenoxy) is 3. The fraction of sp³-hybridized carbons (Fsp3) is 0.667. The first kappa shape index (κ1) is 38.9. The van der Waals surface area contributed by atoms with Crippen molar-refractivity contribution in [3.05, 3.63) is 29.8 Å². The highest BCUT2D eigenvalue weighted by molar-refractivity contribution is 7.85. The first-order chi connectivity index (χ1) is 17.8. The van der Waals surface area contributed by atoms with Crippen LogP contribution in [0.25, 0.3) is 0 Å². The Labute approximate surface area is 218 Å². The van der Waals surface area contributed by atoms with E-state index in [2.05, 4.69) is 9.47 Å². The van der Waals surface area contributed by atoms with Crippen LogP contribution >= 0.6 is 0 Å². The van der Waals surface area contributed by atoms with Crippen molar-refractivity contribution >= 4 is 10.1 Å². The summed E-state index contributed by atoms with van der Waals surface area (Å²) < 4.78 is 239. The minimum absolute atomic E-state index is 0.0666. The van der Waals surface area contributed by atoms with E-state index in [4.69, 9.17) is 4.55 Å². The maximum absolute atomic E-state index is 13.0. The second-order valence-corrected chi connectivity index (χ2v) is 9.04. The van der Waals surface area contributed by atoms with Crippen LogP contribution in [0.15, 0.2) is 29.2 Å². The number of hydrogen-bond acceptors (Lipinski definition) is 5. The zero-order valence-corrected chi connectivity index (χ0v) is 20.6. The number of alkyl halides is 16. The van der Waals surface area contributed by atoms with Gasteiger partial charge in [0.2, 0.25) is 0 Å². The lowest BCUT2D eigenvalue weighted by atomic mass is 10.1. The van der Waals surface area contributed by atoms with Crippen LogP contribution in [0.5, 0.6) is 0 Å². The smallest absolute Gasteiger partial charge is 0.369 e. The Bertz CT molecular complexity index is 1090. The van der Waals surface area contributed by atoms with Crippen molar-refractivity contribution in [2.45, 2.75) is 67.4 Å². The summed E-state index contributed by atoms with van der Waals surface area (Å²) in [7, 11) is -4.02. The fourth-order valence-electron chi connectivity index (χ4n) is 1.97. The second-order valence-electron chi connectivity index (χ2n) is 7.62. The summed E-state index contributed by atoms with van der Waals surface area (Å²) in [6, 6.07) is 5.99. The van der Waals surface area contributed by atoms with Gasteiger partial charge in [-0.2, -0.15) is 74.3 Å². The van der Waals surface area contributed by atoms with Gasteiger partial charge in [-0.25, -0.2) is 13.9 Å². The SMILES string of the molecule is C[C@H](F)COCC(F)(F)OC(F)(F)C(F)(F)OC(F)(F)C(F)(F)C(F)(F)C(F)(F)F.Cc1ccc(S(=O)(=O)O)cc1. The molecule has 0 fully saturated rings. The molecule has 0 saturated carbocycles. The van der Waals surface area contributed by atoms with E-state index < -0.39 is 72.0 Å². The van der Waals surface area contributed by atoms with Gasteiger partial charge in [0.1, 0.15) is 12.8 Å². The van der Waals surface area contributed by atoms with Gasteiger partial charge in [0.05, 0.1) is 11.5 Å². The molecular weight excluding hydrogens is 648 g/mol. The maximum Gasteiger partial charge on any atom is 0.460 e. The quantitative estimate of drug-likeness (QED) is 0.195. The molecule has 0 aliphatic carbocycles. The highest BCUT2D eigenvalue weighted by Crippen LogP contribution is 2.55. The van der Waals surface area contributed by atoms with Gasteiger partial charge in [0, 0.05) is 0 Å². The lowest BCUT2D eigenvalue weighted by Crippen LogP contribution is -2.64. The molecule has 1 atom stereocenters. The molecule has 23 heteroatoms. The predicted octanol–water partition coefficient (Wildman–Crippen LogP) is 6.84. The summed E-state index contributed by atoms with van der Waals surface area (Å²) in [5.74, 6) is -15.7. The molecule has 242 valence electrons. The minimum Gasteiger partial charge on any atom is -0.369 e. The van der Waals surface area contributed by atoms with Crippen LogP contribution in [-0.2, 0) is 24.3 Å². The third-order valence-electron chi connectivity index (χ3n) is 3.93. The van der Waals surface area contributed by atoms with Gasteiger partial charge in [-0.3, -0.25) is 4.55 Å². The molecule has 0 spiro atoms. The predicted molar refractivity (Wildman–Crippen MR) is 100 cm³/mol. The topological polar surface area (TPSA) is 82.1 Å². The number of benzene rings is 1. The summed E-state index contributed by atoms with van der Waals surface area (Å²) in [5.41, 5.74) is 0.956. The Hall–Kier alpha value is -2.11. The maximum atomic E-state index is 13.0. The molecule has 0 radical (unpaired) electrons. The van der Waals surface area contributed by atoms with E-state index in [1.807, 2.05) is 6.92 Å². The van der Waals surface area contributed by atoms with E-state index in [0.29, 0.717) is 6.92 Å². The van der Waals surface area contributed by atoms with Crippen molar-refractivity contribution in [3.8, 4) is 0 Å². The van der Waals surface area contributed by atoms with Crippen molar-refractivity contribution in [2.24, 2.45) is 0 Å². The highest BCUT2D eigenvalue weighted by atomic mass is 32.2. The lowest BCUT2D eigenvalue weighted by molar-refractivity contribution is -0.543. The molecule has 1 aromatic carbocycles. The molecule has 0 aliphatic rings. The Morgan fingerprint density at radius 1 is 0.732 bits per heavy atom. The fourth-order valence-corrected chi connectivity index (χ4v) is 2.45. The molecule has 0 unspecified atom stereocenters. The highest BCUT2D eigenvalue weighted by Gasteiger charge is 2.85. The minimum atomic E-state index is -7.92. The van der Waals surface area contributed by atoms with Crippen molar-refractivity contribution < 1.29 is 97.4 Å². The third kappa shape index (κ3) is 10.3. The first-order valence-corrected chi connectivity index (χ1v) is 11.3. The van der Waals surface area contributed by atoms with Crippen molar-refractivity contribution in [2.75, 3.05) is 13.2 Å². The molecule has 41 heavy (non-hydrogen) atoms. The second kappa shape index (κ2) is 12.6. The van der Waals surface area contributed by atoms with Gasteiger partial charge >= 0.3 is 42.5 Å². The van der Waals surface area contributed by atoms with Crippen molar-refractivity contribution in [1.82, 2.24) is 0 Å². The summed E-state index contributed by atoms with van der Waals surface area (Å²) in [5, 5.41) is 0. The monoisotopic (exact) mass is 664 g/mol.